The molecular weight excluding hydrogens is 230 g/mol. The van der Waals surface area contributed by atoms with E-state index in [-0.39, 0.29) is 0 Å². The summed E-state index contributed by atoms with van der Waals surface area (Å²) in [4.78, 5) is 1.33. The molecule has 1 aromatic heterocycles. The Morgan fingerprint density at radius 2 is 2.20 bits per heavy atom. The average Bonchev–Trinajstić information content (AvgIpc) is 2.57. The van der Waals surface area contributed by atoms with Crippen LogP contribution < -0.4 is 5.32 Å². The van der Waals surface area contributed by atoms with E-state index in [9.17, 15) is 0 Å². The highest BCUT2D eigenvalue weighted by Gasteiger charge is 1.97. The van der Waals surface area contributed by atoms with E-state index in [1.807, 2.05) is 19.9 Å². The average molecular weight is 248 g/mol. The summed E-state index contributed by atoms with van der Waals surface area (Å²) in [6.45, 7) is 6.78. The lowest BCUT2D eigenvalue weighted by Gasteiger charge is -2.07. The Kier molecular flexibility index (Phi) is 6.25. The quantitative estimate of drug-likeness (QED) is 0.748. The second-order valence-electron chi connectivity index (χ2n) is 3.63. The van der Waals surface area contributed by atoms with Gasteiger partial charge in [-0.05, 0) is 32.4 Å². The molecule has 1 N–H and O–H groups in total. The normalized spacial score (nSPS) is 11.2. The van der Waals surface area contributed by atoms with E-state index in [0.29, 0.717) is 6.10 Å². The van der Waals surface area contributed by atoms with E-state index in [0.717, 1.165) is 30.5 Å². The molecule has 0 radical (unpaired) electrons. The molecular formula is C11H18ClNOS. The van der Waals surface area contributed by atoms with Crippen LogP contribution in [0.1, 0.15) is 18.7 Å². The minimum absolute atomic E-state index is 0.322. The first-order chi connectivity index (χ1) is 7.18. The summed E-state index contributed by atoms with van der Waals surface area (Å²) in [6, 6.07) is 4.03. The number of ether oxygens (including phenoxy) is 1. The van der Waals surface area contributed by atoms with Gasteiger partial charge in [-0.3, -0.25) is 0 Å². The predicted octanol–water partition coefficient (Wildman–Crippen LogP) is 2.96. The Labute approximate surface area is 101 Å². The van der Waals surface area contributed by atoms with Crippen LogP contribution in [0.15, 0.2) is 12.1 Å². The zero-order valence-electron chi connectivity index (χ0n) is 9.25. The van der Waals surface area contributed by atoms with Gasteiger partial charge >= 0.3 is 0 Å². The molecule has 0 aliphatic carbocycles. The fourth-order valence-corrected chi connectivity index (χ4v) is 2.28. The smallest absolute Gasteiger partial charge is 0.0931 e. The molecule has 0 aliphatic rings. The molecule has 1 rings (SSSR count). The van der Waals surface area contributed by atoms with Crippen molar-refractivity contribution < 1.29 is 4.74 Å². The maximum Gasteiger partial charge on any atom is 0.0931 e. The van der Waals surface area contributed by atoms with E-state index < -0.39 is 0 Å². The summed E-state index contributed by atoms with van der Waals surface area (Å²) in [5, 5.41) is 3.34. The van der Waals surface area contributed by atoms with Crippen LogP contribution in [0.3, 0.4) is 0 Å². The minimum atomic E-state index is 0.322. The fraction of sp³-hybridized carbons (Fsp3) is 0.636. The molecule has 0 saturated heterocycles. The lowest BCUT2D eigenvalue weighted by atomic mass is 10.3. The molecule has 0 unspecified atom stereocenters. The van der Waals surface area contributed by atoms with Crippen LogP contribution in [0.5, 0.6) is 0 Å². The third kappa shape index (κ3) is 6.15. The van der Waals surface area contributed by atoms with Gasteiger partial charge in [-0.1, -0.05) is 11.6 Å². The molecule has 0 aromatic carbocycles. The monoisotopic (exact) mass is 247 g/mol. The molecule has 86 valence electrons. The van der Waals surface area contributed by atoms with Crippen LogP contribution in [0, 0.1) is 0 Å². The van der Waals surface area contributed by atoms with Gasteiger partial charge in [-0.15, -0.1) is 11.3 Å². The van der Waals surface area contributed by atoms with E-state index in [4.69, 9.17) is 16.3 Å². The molecule has 0 fully saturated rings. The summed E-state index contributed by atoms with van der Waals surface area (Å²) in [5.41, 5.74) is 0. The lowest BCUT2D eigenvalue weighted by molar-refractivity contribution is 0.0810. The maximum absolute atomic E-state index is 5.84. The summed E-state index contributed by atoms with van der Waals surface area (Å²) in [7, 11) is 0. The zero-order valence-corrected chi connectivity index (χ0v) is 10.8. The molecule has 1 aromatic rings. The lowest BCUT2D eigenvalue weighted by Crippen LogP contribution is -2.23. The van der Waals surface area contributed by atoms with Crippen molar-refractivity contribution in [2.45, 2.75) is 26.4 Å². The van der Waals surface area contributed by atoms with Gasteiger partial charge in [0.05, 0.1) is 17.0 Å². The highest BCUT2D eigenvalue weighted by atomic mass is 35.5. The van der Waals surface area contributed by atoms with E-state index >= 15 is 0 Å². The molecule has 0 bridgehead atoms. The van der Waals surface area contributed by atoms with Crippen LogP contribution in [0.2, 0.25) is 4.34 Å². The molecule has 4 heteroatoms. The Bertz CT molecular complexity index is 275. The topological polar surface area (TPSA) is 21.3 Å². The van der Waals surface area contributed by atoms with Gasteiger partial charge in [0.25, 0.3) is 0 Å². The van der Waals surface area contributed by atoms with Gasteiger partial charge in [0.1, 0.15) is 0 Å². The third-order valence-electron chi connectivity index (χ3n) is 1.91. The van der Waals surface area contributed by atoms with Crippen molar-refractivity contribution in [3.05, 3.63) is 21.3 Å². The fourth-order valence-electron chi connectivity index (χ4n) is 1.19. The number of thiophene rings is 1. The maximum atomic E-state index is 5.84. The van der Waals surface area contributed by atoms with Crippen LogP contribution in [-0.4, -0.2) is 25.8 Å². The number of rotatable bonds is 7. The summed E-state index contributed by atoms with van der Waals surface area (Å²) >= 11 is 7.49. The Morgan fingerprint density at radius 1 is 1.40 bits per heavy atom. The highest BCUT2D eigenvalue weighted by Crippen LogP contribution is 2.21. The number of hydrogen-bond donors (Lipinski definition) is 1. The molecule has 0 atom stereocenters. The molecule has 0 aliphatic heterocycles. The Morgan fingerprint density at radius 3 is 2.80 bits per heavy atom. The van der Waals surface area contributed by atoms with Crippen LogP contribution in [0.4, 0.5) is 0 Å². The SMILES string of the molecule is CC(C)OCCNCCc1ccc(Cl)s1. The summed E-state index contributed by atoms with van der Waals surface area (Å²) in [6.07, 6.45) is 1.36. The molecule has 0 saturated carbocycles. The number of nitrogens with one attached hydrogen (secondary N) is 1. The van der Waals surface area contributed by atoms with Gasteiger partial charge < -0.3 is 10.1 Å². The van der Waals surface area contributed by atoms with Gasteiger partial charge in [0.2, 0.25) is 0 Å². The van der Waals surface area contributed by atoms with Crippen LogP contribution >= 0.6 is 22.9 Å². The standard InChI is InChI=1S/C11H18ClNOS/c1-9(2)14-8-7-13-6-5-10-3-4-11(12)15-10/h3-4,9,13H,5-8H2,1-2H3. The number of hydrogen-bond acceptors (Lipinski definition) is 3. The minimum Gasteiger partial charge on any atom is -0.377 e. The second kappa shape index (κ2) is 7.23. The highest BCUT2D eigenvalue weighted by molar-refractivity contribution is 7.16. The zero-order chi connectivity index (χ0) is 11.1. The van der Waals surface area contributed by atoms with Crippen molar-refractivity contribution in [3.63, 3.8) is 0 Å². The summed E-state index contributed by atoms with van der Waals surface area (Å²) in [5.74, 6) is 0. The number of halogens is 1. The second-order valence-corrected chi connectivity index (χ2v) is 5.43. The Hall–Kier alpha value is -0.0900. The van der Waals surface area contributed by atoms with Gasteiger partial charge in [0.15, 0.2) is 0 Å². The van der Waals surface area contributed by atoms with Gasteiger partial charge in [-0.2, -0.15) is 0 Å². The molecule has 15 heavy (non-hydrogen) atoms. The van der Waals surface area contributed by atoms with Crippen molar-refractivity contribution in [2.24, 2.45) is 0 Å². The van der Waals surface area contributed by atoms with Crippen molar-refractivity contribution in [1.29, 1.82) is 0 Å². The van der Waals surface area contributed by atoms with E-state index in [1.54, 1.807) is 11.3 Å². The van der Waals surface area contributed by atoms with Crippen molar-refractivity contribution in [2.75, 3.05) is 19.7 Å². The van der Waals surface area contributed by atoms with E-state index in [1.165, 1.54) is 4.88 Å². The van der Waals surface area contributed by atoms with Crippen LogP contribution in [0.25, 0.3) is 0 Å². The van der Waals surface area contributed by atoms with Gasteiger partial charge in [0, 0.05) is 18.0 Å². The molecule has 2 nitrogen and oxygen atoms in total. The van der Waals surface area contributed by atoms with Gasteiger partial charge in [-0.25, -0.2) is 0 Å². The first-order valence-corrected chi connectivity index (χ1v) is 6.44. The van der Waals surface area contributed by atoms with Crippen molar-refractivity contribution in [3.8, 4) is 0 Å². The molecule has 0 amide bonds. The molecule has 0 spiro atoms. The Balaban J connectivity index is 1.98. The van der Waals surface area contributed by atoms with Crippen molar-refractivity contribution >= 4 is 22.9 Å². The van der Waals surface area contributed by atoms with Crippen LogP contribution in [-0.2, 0) is 11.2 Å². The first-order valence-electron chi connectivity index (χ1n) is 5.25. The summed E-state index contributed by atoms with van der Waals surface area (Å²) < 4.78 is 6.29. The first kappa shape index (κ1) is 13.0. The van der Waals surface area contributed by atoms with Crippen molar-refractivity contribution in [1.82, 2.24) is 5.32 Å². The largest absolute Gasteiger partial charge is 0.377 e. The predicted molar refractivity (Wildman–Crippen MR) is 67.0 cm³/mol. The third-order valence-corrected chi connectivity index (χ3v) is 3.20. The van der Waals surface area contributed by atoms with E-state index in [2.05, 4.69) is 11.4 Å². The molecule has 1 heterocycles.